The van der Waals surface area contributed by atoms with E-state index in [2.05, 4.69) is 20.5 Å². The second-order valence-corrected chi connectivity index (χ2v) is 6.63. The number of pyridine rings is 1. The highest BCUT2D eigenvalue weighted by molar-refractivity contribution is 6.03. The van der Waals surface area contributed by atoms with E-state index in [1.54, 1.807) is 22.8 Å². The number of nitrogens with one attached hydrogen (secondary N) is 1. The fraction of sp³-hybridized carbons (Fsp3) is 0.263. The smallest absolute Gasteiger partial charge is 0.256 e. The van der Waals surface area contributed by atoms with E-state index in [9.17, 15) is 9.90 Å². The highest BCUT2D eigenvalue weighted by Crippen LogP contribution is 2.30. The van der Waals surface area contributed by atoms with Crippen molar-refractivity contribution < 1.29 is 9.90 Å². The van der Waals surface area contributed by atoms with E-state index in [0.29, 0.717) is 29.4 Å². The van der Waals surface area contributed by atoms with E-state index in [1.807, 2.05) is 43.3 Å². The monoisotopic (exact) mass is 364 g/mol. The number of carbonyl (C=O) groups excluding carboxylic acids is 1. The molecule has 0 aliphatic carbocycles. The normalized spacial score (nSPS) is 14.3. The first kappa shape index (κ1) is 17.2. The van der Waals surface area contributed by atoms with Gasteiger partial charge in [0.1, 0.15) is 17.8 Å². The van der Waals surface area contributed by atoms with Gasteiger partial charge in [0, 0.05) is 13.6 Å². The molecule has 0 bridgehead atoms. The third-order valence-electron chi connectivity index (χ3n) is 4.67. The SMILES string of the molecule is C[C@H](CO)n1cnnc1-c1cccc(Nc2cccc3c2C(=O)N(C)C3)n1. The van der Waals surface area contributed by atoms with Gasteiger partial charge >= 0.3 is 0 Å². The molecule has 0 saturated heterocycles. The highest BCUT2D eigenvalue weighted by Gasteiger charge is 2.27. The Bertz CT molecular complexity index is 999. The van der Waals surface area contributed by atoms with E-state index in [0.717, 1.165) is 11.3 Å². The molecular weight excluding hydrogens is 344 g/mol. The molecule has 3 aromatic rings. The molecule has 8 heteroatoms. The molecule has 138 valence electrons. The van der Waals surface area contributed by atoms with Crippen LogP contribution in [0.2, 0.25) is 0 Å². The topological polar surface area (TPSA) is 96.2 Å². The van der Waals surface area contributed by atoms with Crippen molar-refractivity contribution in [2.75, 3.05) is 19.0 Å². The van der Waals surface area contributed by atoms with E-state index >= 15 is 0 Å². The number of carbonyl (C=O) groups is 1. The van der Waals surface area contributed by atoms with Crippen molar-refractivity contribution in [3.8, 4) is 11.5 Å². The number of hydrogen-bond acceptors (Lipinski definition) is 6. The number of nitrogens with zero attached hydrogens (tertiary/aromatic N) is 5. The third kappa shape index (κ3) is 3.04. The van der Waals surface area contributed by atoms with Crippen molar-refractivity contribution in [2.45, 2.75) is 19.5 Å². The molecule has 0 fully saturated rings. The Morgan fingerprint density at radius 2 is 2.07 bits per heavy atom. The number of amides is 1. The summed E-state index contributed by atoms with van der Waals surface area (Å²) in [6.45, 7) is 2.47. The Hall–Kier alpha value is -3.26. The molecule has 1 aromatic carbocycles. The maximum atomic E-state index is 12.4. The second kappa shape index (κ2) is 6.81. The highest BCUT2D eigenvalue weighted by atomic mass is 16.3. The van der Waals surface area contributed by atoms with Gasteiger partial charge in [0.15, 0.2) is 5.82 Å². The zero-order chi connectivity index (χ0) is 19.0. The number of rotatable bonds is 5. The lowest BCUT2D eigenvalue weighted by Crippen LogP contribution is -2.18. The molecule has 4 rings (SSSR count). The molecule has 2 aromatic heterocycles. The van der Waals surface area contributed by atoms with Crippen molar-refractivity contribution >= 4 is 17.4 Å². The molecule has 2 N–H and O–H groups in total. The van der Waals surface area contributed by atoms with Crippen molar-refractivity contribution in [1.29, 1.82) is 0 Å². The van der Waals surface area contributed by atoms with Crippen LogP contribution >= 0.6 is 0 Å². The van der Waals surface area contributed by atoms with Gasteiger partial charge in [0.2, 0.25) is 0 Å². The molecule has 1 aliphatic heterocycles. The Balaban J connectivity index is 1.67. The summed E-state index contributed by atoms with van der Waals surface area (Å²) >= 11 is 0. The number of hydrogen-bond donors (Lipinski definition) is 2. The largest absolute Gasteiger partial charge is 0.394 e. The standard InChI is InChI=1S/C19H20N6O2/c1-12(10-26)25-11-20-23-18(25)15-7-4-8-16(22-15)21-14-6-3-5-13-9-24(2)19(27)17(13)14/h3-8,11-12,26H,9-10H2,1-2H3,(H,21,22)/t12-/m1/s1. The fourth-order valence-electron chi connectivity index (χ4n) is 3.21. The van der Waals surface area contributed by atoms with Crippen LogP contribution < -0.4 is 5.32 Å². The number of benzene rings is 1. The third-order valence-corrected chi connectivity index (χ3v) is 4.67. The van der Waals surface area contributed by atoms with Gasteiger partial charge in [0.05, 0.1) is 23.9 Å². The van der Waals surface area contributed by atoms with Gasteiger partial charge < -0.3 is 19.9 Å². The summed E-state index contributed by atoms with van der Waals surface area (Å²) in [6, 6.07) is 11.2. The molecule has 1 amide bonds. The Kier molecular flexibility index (Phi) is 4.33. The Morgan fingerprint density at radius 3 is 2.89 bits per heavy atom. The summed E-state index contributed by atoms with van der Waals surface area (Å²) in [5, 5.41) is 20.7. The lowest BCUT2D eigenvalue weighted by molar-refractivity contribution is 0.0817. The number of aliphatic hydroxyl groups excluding tert-OH is 1. The van der Waals surface area contributed by atoms with Crippen molar-refractivity contribution in [1.82, 2.24) is 24.6 Å². The number of aliphatic hydroxyl groups is 1. The van der Waals surface area contributed by atoms with Crippen molar-refractivity contribution in [2.24, 2.45) is 0 Å². The predicted molar refractivity (Wildman–Crippen MR) is 101 cm³/mol. The van der Waals surface area contributed by atoms with E-state index in [1.165, 1.54) is 0 Å². The maximum absolute atomic E-state index is 12.4. The average molecular weight is 364 g/mol. The van der Waals surface area contributed by atoms with Crippen LogP contribution in [0.5, 0.6) is 0 Å². The predicted octanol–water partition coefficient (Wildman–Crippen LogP) is 2.22. The van der Waals surface area contributed by atoms with Gasteiger partial charge in [0.25, 0.3) is 5.91 Å². The number of aromatic nitrogens is 4. The quantitative estimate of drug-likeness (QED) is 0.721. The minimum atomic E-state index is -0.154. The van der Waals surface area contributed by atoms with Crippen LogP contribution in [0.3, 0.4) is 0 Å². The summed E-state index contributed by atoms with van der Waals surface area (Å²) in [5.74, 6) is 1.18. The van der Waals surface area contributed by atoms with Gasteiger partial charge in [-0.1, -0.05) is 18.2 Å². The van der Waals surface area contributed by atoms with Crippen LogP contribution in [-0.2, 0) is 6.54 Å². The van der Waals surface area contributed by atoms with Crippen LogP contribution in [0.25, 0.3) is 11.5 Å². The molecule has 3 heterocycles. The molecule has 0 spiro atoms. The number of anilines is 2. The fourth-order valence-corrected chi connectivity index (χ4v) is 3.21. The van der Waals surface area contributed by atoms with Crippen LogP contribution in [-0.4, -0.2) is 49.3 Å². The zero-order valence-corrected chi connectivity index (χ0v) is 15.1. The van der Waals surface area contributed by atoms with Gasteiger partial charge in [-0.3, -0.25) is 4.79 Å². The molecule has 1 atom stereocenters. The van der Waals surface area contributed by atoms with Crippen molar-refractivity contribution in [3.05, 3.63) is 53.9 Å². The molecule has 27 heavy (non-hydrogen) atoms. The zero-order valence-electron chi connectivity index (χ0n) is 15.1. The van der Waals surface area contributed by atoms with E-state index in [4.69, 9.17) is 0 Å². The minimum Gasteiger partial charge on any atom is -0.394 e. The Morgan fingerprint density at radius 1 is 1.26 bits per heavy atom. The van der Waals surface area contributed by atoms with Gasteiger partial charge in [-0.2, -0.15) is 0 Å². The summed E-state index contributed by atoms with van der Waals surface area (Å²) in [4.78, 5) is 18.7. The van der Waals surface area contributed by atoms with Gasteiger partial charge in [-0.25, -0.2) is 4.98 Å². The first-order chi connectivity index (χ1) is 13.1. The maximum Gasteiger partial charge on any atom is 0.256 e. The van der Waals surface area contributed by atoms with Crippen molar-refractivity contribution in [3.63, 3.8) is 0 Å². The minimum absolute atomic E-state index is 0.000711. The molecule has 1 aliphatic rings. The first-order valence-electron chi connectivity index (χ1n) is 8.70. The molecular formula is C19H20N6O2. The molecule has 0 unspecified atom stereocenters. The summed E-state index contributed by atoms with van der Waals surface area (Å²) in [7, 11) is 1.79. The molecule has 0 saturated carbocycles. The molecule has 0 radical (unpaired) electrons. The second-order valence-electron chi connectivity index (χ2n) is 6.63. The summed E-state index contributed by atoms with van der Waals surface area (Å²) in [6.07, 6.45) is 1.58. The average Bonchev–Trinajstić information content (AvgIpc) is 3.27. The lowest BCUT2D eigenvalue weighted by atomic mass is 10.1. The van der Waals surface area contributed by atoms with Gasteiger partial charge in [-0.05, 0) is 30.7 Å². The van der Waals surface area contributed by atoms with Gasteiger partial charge in [-0.15, -0.1) is 10.2 Å². The lowest BCUT2D eigenvalue weighted by Gasteiger charge is -2.13. The van der Waals surface area contributed by atoms with Crippen LogP contribution in [0.4, 0.5) is 11.5 Å². The summed E-state index contributed by atoms with van der Waals surface area (Å²) < 4.78 is 1.78. The van der Waals surface area contributed by atoms with E-state index in [-0.39, 0.29) is 18.6 Å². The van der Waals surface area contributed by atoms with Crippen LogP contribution in [0.1, 0.15) is 28.9 Å². The first-order valence-corrected chi connectivity index (χ1v) is 8.70. The van der Waals surface area contributed by atoms with Crippen LogP contribution in [0.15, 0.2) is 42.7 Å². The van der Waals surface area contributed by atoms with Crippen LogP contribution in [0, 0.1) is 0 Å². The van der Waals surface area contributed by atoms with E-state index < -0.39 is 0 Å². The Labute approximate surface area is 156 Å². The number of fused-ring (bicyclic) bond motifs is 1. The summed E-state index contributed by atoms with van der Waals surface area (Å²) in [5.41, 5.74) is 3.05. The molecule has 8 nitrogen and oxygen atoms in total.